The summed E-state index contributed by atoms with van der Waals surface area (Å²) in [4.78, 5) is 0. The van der Waals surface area contributed by atoms with Crippen molar-refractivity contribution >= 4 is 0 Å². The molecule has 0 heteroatoms. The molecule has 0 nitrogen and oxygen atoms in total. The smallest absolute Gasteiger partial charge is 0.00990 e. The van der Waals surface area contributed by atoms with Gasteiger partial charge in [0.25, 0.3) is 0 Å². The lowest BCUT2D eigenvalue weighted by molar-refractivity contribution is 0.0557. The normalized spacial score (nSPS) is 59.8. The van der Waals surface area contributed by atoms with Crippen molar-refractivity contribution in [1.82, 2.24) is 0 Å². The molecule has 1 fully saturated rings. The number of fused-ring (bicyclic) bond motifs is 1. The summed E-state index contributed by atoms with van der Waals surface area (Å²) in [6.45, 7) is 4.85. The third-order valence-corrected chi connectivity index (χ3v) is 4.49. The van der Waals surface area contributed by atoms with E-state index in [1.165, 1.54) is 0 Å². The molecule has 0 amide bonds. The SMILES string of the molecule is C[C@@H]1[C@H](C)[C@H]2C=C[C@H]1[C@H]1C=C[C@H]12. The maximum Gasteiger partial charge on any atom is -0.00990 e. The molecule has 0 saturated heterocycles. The van der Waals surface area contributed by atoms with Gasteiger partial charge in [0.05, 0.1) is 0 Å². The molecule has 0 spiro atoms. The number of allylic oxidation sites excluding steroid dienone is 4. The van der Waals surface area contributed by atoms with Crippen LogP contribution in [0, 0.1) is 35.5 Å². The molecule has 1 saturated carbocycles. The molecular formula is C12H16. The van der Waals surface area contributed by atoms with E-state index in [-0.39, 0.29) is 0 Å². The van der Waals surface area contributed by atoms with Gasteiger partial charge < -0.3 is 0 Å². The van der Waals surface area contributed by atoms with Gasteiger partial charge in [-0.05, 0) is 35.5 Å². The summed E-state index contributed by atoms with van der Waals surface area (Å²) in [5, 5.41) is 0. The summed E-state index contributed by atoms with van der Waals surface area (Å²) >= 11 is 0. The average molecular weight is 160 g/mol. The van der Waals surface area contributed by atoms with Crippen LogP contribution in [0.15, 0.2) is 24.3 Å². The maximum absolute atomic E-state index is 2.47. The van der Waals surface area contributed by atoms with Crippen molar-refractivity contribution in [2.75, 3.05) is 0 Å². The molecule has 0 aromatic carbocycles. The van der Waals surface area contributed by atoms with E-state index < -0.39 is 0 Å². The molecule has 0 aliphatic heterocycles. The van der Waals surface area contributed by atoms with Crippen LogP contribution in [0.3, 0.4) is 0 Å². The topological polar surface area (TPSA) is 0 Å². The zero-order valence-electron chi connectivity index (χ0n) is 7.77. The van der Waals surface area contributed by atoms with Crippen LogP contribution in [0.2, 0.25) is 0 Å². The third kappa shape index (κ3) is 0.608. The Bertz CT molecular complexity index is 235. The quantitative estimate of drug-likeness (QED) is 0.478. The standard InChI is InChI=1S/C12H16/c1-7-8(2)10-4-3-9(7)11-5-6-12(10)11/h3-12H,1-2H3/t7-,8+,9-,10-,11-,12+/m1/s1. The summed E-state index contributed by atoms with van der Waals surface area (Å²) < 4.78 is 0. The van der Waals surface area contributed by atoms with Crippen molar-refractivity contribution in [3.8, 4) is 0 Å². The number of hydrogen-bond acceptors (Lipinski definition) is 0. The first-order valence-corrected chi connectivity index (χ1v) is 5.15. The van der Waals surface area contributed by atoms with E-state index in [1.54, 1.807) is 0 Å². The maximum atomic E-state index is 2.47. The van der Waals surface area contributed by atoms with E-state index in [2.05, 4.69) is 38.2 Å². The highest BCUT2D eigenvalue weighted by molar-refractivity contribution is 5.26. The molecule has 4 rings (SSSR count). The largest absolute Gasteiger partial charge is 0.0842 e. The van der Waals surface area contributed by atoms with Crippen LogP contribution < -0.4 is 0 Å². The Labute approximate surface area is 74.4 Å². The van der Waals surface area contributed by atoms with Gasteiger partial charge in [-0.15, -0.1) is 0 Å². The van der Waals surface area contributed by atoms with E-state index in [9.17, 15) is 0 Å². The fraction of sp³-hybridized carbons (Fsp3) is 0.667. The minimum Gasteiger partial charge on any atom is -0.0842 e. The van der Waals surface area contributed by atoms with Crippen molar-refractivity contribution in [3.63, 3.8) is 0 Å². The van der Waals surface area contributed by atoms with Gasteiger partial charge in [-0.1, -0.05) is 38.2 Å². The molecule has 0 radical (unpaired) electrons. The fourth-order valence-electron chi connectivity index (χ4n) is 3.40. The summed E-state index contributed by atoms with van der Waals surface area (Å²) in [5.74, 6) is 5.36. The summed E-state index contributed by atoms with van der Waals surface area (Å²) in [6, 6.07) is 0. The molecule has 4 aliphatic rings. The molecule has 0 aromatic heterocycles. The Kier molecular flexibility index (Phi) is 1.18. The lowest BCUT2D eigenvalue weighted by atomic mass is 9.50. The average Bonchev–Trinajstić information content (AvgIpc) is 2.00. The van der Waals surface area contributed by atoms with Crippen molar-refractivity contribution < 1.29 is 0 Å². The van der Waals surface area contributed by atoms with Gasteiger partial charge in [0.15, 0.2) is 0 Å². The Balaban J connectivity index is 2.04. The van der Waals surface area contributed by atoms with Gasteiger partial charge in [0, 0.05) is 0 Å². The molecule has 64 valence electrons. The Morgan fingerprint density at radius 2 is 0.917 bits per heavy atom. The summed E-state index contributed by atoms with van der Waals surface area (Å²) in [5.41, 5.74) is 0. The molecule has 2 bridgehead atoms. The van der Waals surface area contributed by atoms with Crippen LogP contribution in [0.4, 0.5) is 0 Å². The Morgan fingerprint density at radius 3 is 1.25 bits per heavy atom. The van der Waals surface area contributed by atoms with E-state index in [4.69, 9.17) is 0 Å². The number of hydrogen-bond donors (Lipinski definition) is 0. The second kappa shape index (κ2) is 2.04. The van der Waals surface area contributed by atoms with E-state index in [0.717, 1.165) is 35.5 Å². The molecule has 4 aliphatic carbocycles. The monoisotopic (exact) mass is 160 g/mol. The van der Waals surface area contributed by atoms with Crippen LogP contribution in [0.25, 0.3) is 0 Å². The van der Waals surface area contributed by atoms with Gasteiger partial charge in [-0.25, -0.2) is 0 Å². The molecular weight excluding hydrogens is 144 g/mol. The van der Waals surface area contributed by atoms with Crippen molar-refractivity contribution in [2.24, 2.45) is 35.5 Å². The minimum atomic E-state index is 0.861. The highest BCUT2D eigenvalue weighted by atomic mass is 14.5. The van der Waals surface area contributed by atoms with Crippen LogP contribution >= 0.6 is 0 Å². The Hall–Kier alpha value is -0.520. The molecule has 0 heterocycles. The lowest BCUT2D eigenvalue weighted by Crippen LogP contribution is -2.48. The van der Waals surface area contributed by atoms with Crippen LogP contribution in [-0.2, 0) is 0 Å². The first kappa shape index (κ1) is 6.94. The highest BCUT2D eigenvalue weighted by Crippen LogP contribution is 2.55. The first-order valence-electron chi connectivity index (χ1n) is 5.15. The summed E-state index contributed by atoms with van der Waals surface area (Å²) in [6.07, 6.45) is 9.79. The predicted molar refractivity (Wildman–Crippen MR) is 50.6 cm³/mol. The van der Waals surface area contributed by atoms with Gasteiger partial charge in [-0.2, -0.15) is 0 Å². The lowest BCUT2D eigenvalue weighted by Gasteiger charge is -2.54. The van der Waals surface area contributed by atoms with Crippen LogP contribution in [-0.4, -0.2) is 0 Å². The zero-order valence-corrected chi connectivity index (χ0v) is 7.77. The van der Waals surface area contributed by atoms with Gasteiger partial charge in [0.1, 0.15) is 0 Å². The molecule has 12 heavy (non-hydrogen) atoms. The minimum absolute atomic E-state index is 0.861. The fourth-order valence-corrected chi connectivity index (χ4v) is 3.40. The van der Waals surface area contributed by atoms with Crippen LogP contribution in [0.1, 0.15) is 13.8 Å². The molecule has 6 atom stereocenters. The molecule has 0 unspecified atom stereocenters. The van der Waals surface area contributed by atoms with Gasteiger partial charge >= 0.3 is 0 Å². The third-order valence-electron chi connectivity index (χ3n) is 4.49. The second-order valence-corrected chi connectivity index (χ2v) is 4.80. The first-order chi connectivity index (χ1) is 5.79. The molecule has 0 aromatic rings. The van der Waals surface area contributed by atoms with Crippen molar-refractivity contribution in [3.05, 3.63) is 24.3 Å². The zero-order chi connectivity index (χ0) is 8.29. The van der Waals surface area contributed by atoms with E-state index >= 15 is 0 Å². The van der Waals surface area contributed by atoms with E-state index in [0.29, 0.717) is 0 Å². The van der Waals surface area contributed by atoms with E-state index in [1.807, 2.05) is 0 Å². The summed E-state index contributed by atoms with van der Waals surface area (Å²) in [7, 11) is 0. The van der Waals surface area contributed by atoms with Crippen molar-refractivity contribution in [1.29, 1.82) is 0 Å². The Morgan fingerprint density at radius 1 is 0.583 bits per heavy atom. The predicted octanol–water partition coefficient (Wildman–Crippen LogP) is 2.88. The van der Waals surface area contributed by atoms with Gasteiger partial charge in [-0.3, -0.25) is 0 Å². The van der Waals surface area contributed by atoms with Gasteiger partial charge in [0.2, 0.25) is 0 Å². The number of rotatable bonds is 0. The van der Waals surface area contributed by atoms with Crippen LogP contribution in [0.5, 0.6) is 0 Å². The highest BCUT2D eigenvalue weighted by Gasteiger charge is 2.48. The van der Waals surface area contributed by atoms with Crippen molar-refractivity contribution in [2.45, 2.75) is 13.8 Å². The molecule has 0 N–H and O–H groups in total. The second-order valence-electron chi connectivity index (χ2n) is 4.80.